The zero-order valence-electron chi connectivity index (χ0n) is 14.7. The van der Waals surface area contributed by atoms with Gasteiger partial charge in [0, 0.05) is 16.5 Å². The van der Waals surface area contributed by atoms with Gasteiger partial charge < -0.3 is 9.47 Å². The first-order chi connectivity index (χ1) is 11.7. The van der Waals surface area contributed by atoms with Gasteiger partial charge in [-0.3, -0.25) is 5.32 Å². The van der Waals surface area contributed by atoms with Crippen molar-refractivity contribution in [2.45, 2.75) is 45.3 Å². The average Bonchev–Trinajstić information content (AvgIpc) is 2.61. The Labute approximate surface area is 160 Å². The van der Waals surface area contributed by atoms with Gasteiger partial charge in [-0.05, 0) is 56.9 Å². The normalized spacial score (nSPS) is 22.4. The number of nitrogens with zero attached hydrogens (tertiary/aromatic N) is 1. The number of carbonyl (C=O) groups excluding carboxylic acids is 1. The third-order valence-electron chi connectivity index (χ3n) is 3.97. The predicted octanol–water partition coefficient (Wildman–Crippen LogP) is 4.96. The van der Waals surface area contributed by atoms with Crippen LogP contribution < -0.4 is 10.1 Å². The number of amidine groups is 1. The summed E-state index contributed by atoms with van der Waals surface area (Å²) in [6.45, 7) is 8.16. The maximum Gasteiger partial charge on any atom is 0.413 e. The number of alkyl carbamates (subject to hydrolysis) is 1. The van der Waals surface area contributed by atoms with E-state index in [1.807, 2.05) is 39.0 Å². The molecule has 7 heteroatoms. The summed E-state index contributed by atoms with van der Waals surface area (Å²) in [7, 11) is 0. The molecule has 0 spiro atoms. The Hall–Kier alpha value is -1.47. The molecule has 0 unspecified atom stereocenters. The molecule has 1 aromatic rings. The smallest absolute Gasteiger partial charge is 0.413 e. The van der Waals surface area contributed by atoms with Crippen molar-refractivity contribution in [3.8, 4) is 5.75 Å². The molecule has 2 heterocycles. The van der Waals surface area contributed by atoms with Crippen LogP contribution in [0.3, 0.4) is 0 Å². The van der Waals surface area contributed by atoms with Crippen molar-refractivity contribution in [2.75, 3.05) is 6.61 Å². The molecule has 1 N–H and O–H groups in total. The van der Waals surface area contributed by atoms with E-state index in [1.165, 1.54) is 17.3 Å². The fourth-order valence-electron chi connectivity index (χ4n) is 2.81. The summed E-state index contributed by atoms with van der Waals surface area (Å²) in [6.07, 6.45) is 0.289. The van der Waals surface area contributed by atoms with E-state index in [9.17, 15) is 4.79 Å². The second-order valence-corrected chi connectivity index (χ2v) is 8.89. The molecular formula is C18H21BrN2O3S. The molecule has 1 atom stereocenters. The van der Waals surface area contributed by atoms with Crippen molar-refractivity contribution in [2.24, 2.45) is 4.99 Å². The maximum atomic E-state index is 12.1. The Bertz CT molecular complexity index is 770. The highest BCUT2D eigenvalue weighted by Gasteiger charge is 2.38. The molecule has 1 amide bonds. The van der Waals surface area contributed by atoms with Crippen molar-refractivity contribution in [3.05, 3.63) is 39.2 Å². The quantitative estimate of drug-likeness (QED) is 0.639. The number of benzene rings is 1. The Balaban J connectivity index is 1.94. The van der Waals surface area contributed by atoms with Gasteiger partial charge in [0.05, 0.1) is 6.61 Å². The van der Waals surface area contributed by atoms with Crippen molar-refractivity contribution >= 4 is 39.0 Å². The molecule has 0 radical (unpaired) electrons. The van der Waals surface area contributed by atoms with E-state index >= 15 is 0 Å². The molecule has 0 aliphatic carbocycles. The number of hydrogen-bond donors (Lipinski definition) is 1. The summed E-state index contributed by atoms with van der Waals surface area (Å²) in [5, 5.41) is 5.33. The molecule has 25 heavy (non-hydrogen) atoms. The van der Waals surface area contributed by atoms with Crippen LogP contribution in [0, 0.1) is 0 Å². The average molecular weight is 425 g/mol. The topological polar surface area (TPSA) is 59.9 Å². The standard InChI is InChI=1S/C18H21BrN2O3S/c1-17(2,3)24-16(22)20-15-21-18(4)11(10-25-15)7-8-23-14-6-5-12(19)9-13(14)18/h5-6,9-10H,7-8H2,1-4H3,(H,20,21,22)/t18-/m0/s1. The van der Waals surface area contributed by atoms with Crippen LogP contribution in [0.15, 0.2) is 38.6 Å². The third kappa shape index (κ3) is 4.03. The summed E-state index contributed by atoms with van der Waals surface area (Å²) in [4.78, 5) is 16.9. The number of thioether (sulfide) groups is 1. The van der Waals surface area contributed by atoms with Crippen molar-refractivity contribution < 1.29 is 14.3 Å². The van der Waals surface area contributed by atoms with Gasteiger partial charge in [-0.15, -0.1) is 0 Å². The Kier molecular flexibility index (Phi) is 4.90. The summed E-state index contributed by atoms with van der Waals surface area (Å²) in [5.41, 5.74) is 1.02. The second-order valence-electron chi connectivity index (χ2n) is 7.12. The fraction of sp³-hybridized carbons (Fsp3) is 0.444. The van der Waals surface area contributed by atoms with E-state index in [4.69, 9.17) is 14.5 Å². The van der Waals surface area contributed by atoms with Gasteiger partial charge in [0.25, 0.3) is 0 Å². The second kappa shape index (κ2) is 6.68. The monoisotopic (exact) mass is 424 g/mol. The molecule has 2 aliphatic rings. The van der Waals surface area contributed by atoms with Gasteiger partial charge in [-0.1, -0.05) is 27.7 Å². The van der Waals surface area contributed by atoms with Crippen LogP contribution in [0.4, 0.5) is 4.79 Å². The Morgan fingerprint density at radius 1 is 1.44 bits per heavy atom. The van der Waals surface area contributed by atoms with Crippen LogP contribution >= 0.6 is 27.7 Å². The fourth-order valence-corrected chi connectivity index (χ4v) is 4.15. The summed E-state index contributed by atoms with van der Waals surface area (Å²) < 4.78 is 12.2. The summed E-state index contributed by atoms with van der Waals surface area (Å²) >= 11 is 4.93. The van der Waals surface area contributed by atoms with Gasteiger partial charge >= 0.3 is 6.09 Å². The zero-order chi connectivity index (χ0) is 18.2. The van der Waals surface area contributed by atoms with Crippen LogP contribution in [0.5, 0.6) is 5.75 Å². The number of aliphatic imine (C=N–C) groups is 1. The Morgan fingerprint density at radius 2 is 2.20 bits per heavy atom. The Morgan fingerprint density at radius 3 is 2.92 bits per heavy atom. The molecule has 0 saturated heterocycles. The van der Waals surface area contributed by atoms with Crippen molar-refractivity contribution in [3.63, 3.8) is 0 Å². The minimum absolute atomic E-state index is 0.501. The molecule has 134 valence electrons. The van der Waals surface area contributed by atoms with Crippen LogP contribution in [-0.2, 0) is 10.3 Å². The number of fused-ring (bicyclic) bond motifs is 3. The maximum absolute atomic E-state index is 12.1. The zero-order valence-corrected chi connectivity index (χ0v) is 17.1. The predicted molar refractivity (Wildman–Crippen MR) is 104 cm³/mol. The lowest BCUT2D eigenvalue weighted by Crippen LogP contribution is -2.38. The lowest BCUT2D eigenvalue weighted by atomic mass is 9.84. The molecule has 0 bridgehead atoms. The summed E-state index contributed by atoms with van der Waals surface area (Å²) in [6, 6.07) is 5.93. The van der Waals surface area contributed by atoms with Crippen molar-refractivity contribution in [1.82, 2.24) is 5.32 Å². The molecular weight excluding hydrogens is 404 g/mol. The minimum atomic E-state index is -0.578. The van der Waals surface area contributed by atoms with Gasteiger partial charge in [0.2, 0.25) is 0 Å². The first-order valence-corrected chi connectivity index (χ1v) is 9.73. The first-order valence-electron chi connectivity index (χ1n) is 8.06. The van der Waals surface area contributed by atoms with Gasteiger partial charge in [-0.25, -0.2) is 9.79 Å². The molecule has 0 aromatic heterocycles. The molecule has 2 aliphatic heterocycles. The third-order valence-corrected chi connectivity index (χ3v) is 5.28. The number of rotatable bonds is 0. The highest BCUT2D eigenvalue weighted by atomic mass is 79.9. The molecule has 1 aromatic carbocycles. The highest BCUT2D eigenvalue weighted by molar-refractivity contribution is 9.10. The number of amides is 1. The molecule has 0 fully saturated rings. The van der Waals surface area contributed by atoms with Crippen molar-refractivity contribution in [1.29, 1.82) is 0 Å². The van der Waals surface area contributed by atoms with E-state index < -0.39 is 17.2 Å². The van der Waals surface area contributed by atoms with Crippen LogP contribution in [0.25, 0.3) is 0 Å². The SMILES string of the molecule is CC(C)(C)OC(=O)NC1=N[C@@]2(C)C(=CS1)CCOc1ccc(Br)cc12. The van der Waals surface area contributed by atoms with Gasteiger partial charge in [0.1, 0.15) is 16.9 Å². The van der Waals surface area contributed by atoms with E-state index in [0.717, 1.165) is 22.2 Å². The first kappa shape index (κ1) is 18.3. The highest BCUT2D eigenvalue weighted by Crippen LogP contribution is 2.46. The summed E-state index contributed by atoms with van der Waals surface area (Å²) in [5.74, 6) is 0.821. The van der Waals surface area contributed by atoms with Crippen LogP contribution in [0.1, 0.15) is 39.7 Å². The van der Waals surface area contributed by atoms with E-state index in [0.29, 0.717) is 11.8 Å². The van der Waals surface area contributed by atoms with E-state index in [2.05, 4.69) is 33.6 Å². The number of carbonyl (C=O) groups is 1. The largest absolute Gasteiger partial charge is 0.493 e. The van der Waals surface area contributed by atoms with E-state index in [-0.39, 0.29) is 0 Å². The molecule has 0 saturated carbocycles. The lowest BCUT2D eigenvalue weighted by Gasteiger charge is -2.31. The number of nitrogens with one attached hydrogen (secondary N) is 1. The lowest BCUT2D eigenvalue weighted by molar-refractivity contribution is 0.0564. The molecule has 5 nitrogen and oxygen atoms in total. The van der Waals surface area contributed by atoms with Gasteiger partial charge in [0.15, 0.2) is 5.17 Å². The molecule has 3 rings (SSSR count). The van der Waals surface area contributed by atoms with Crippen LogP contribution in [-0.4, -0.2) is 23.5 Å². The number of hydrogen-bond acceptors (Lipinski definition) is 5. The number of ether oxygens (including phenoxy) is 2. The van der Waals surface area contributed by atoms with Crippen LogP contribution in [0.2, 0.25) is 0 Å². The number of halogens is 1. The minimum Gasteiger partial charge on any atom is -0.493 e. The van der Waals surface area contributed by atoms with Gasteiger partial charge in [-0.2, -0.15) is 0 Å². The van der Waals surface area contributed by atoms with E-state index in [1.54, 1.807) is 0 Å².